The molecule has 0 saturated heterocycles. The summed E-state index contributed by atoms with van der Waals surface area (Å²) in [6, 6.07) is 9.43. The number of benzene rings is 2. The van der Waals surface area contributed by atoms with Gasteiger partial charge in [0.2, 0.25) is 0 Å². The van der Waals surface area contributed by atoms with Crippen molar-refractivity contribution in [3.8, 4) is 0 Å². The zero-order chi connectivity index (χ0) is 14.7. The van der Waals surface area contributed by atoms with Crippen LogP contribution in [0, 0.1) is 22.9 Å². The molecule has 2 aromatic rings. The van der Waals surface area contributed by atoms with Crippen LogP contribution in [-0.4, -0.2) is 4.92 Å². The molecule has 2 rings (SSSR count). The van der Waals surface area contributed by atoms with Crippen molar-refractivity contribution < 1.29 is 9.31 Å². The Labute approximate surface area is 123 Å². The van der Waals surface area contributed by atoms with E-state index in [2.05, 4.69) is 21.2 Å². The van der Waals surface area contributed by atoms with Gasteiger partial charge in [0.25, 0.3) is 5.69 Å². The van der Waals surface area contributed by atoms with Gasteiger partial charge in [0, 0.05) is 24.4 Å². The van der Waals surface area contributed by atoms with E-state index in [1.807, 2.05) is 6.92 Å². The average molecular weight is 339 g/mol. The summed E-state index contributed by atoms with van der Waals surface area (Å²) < 4.78 is 13.9. The van der Waals surface area contributed by atoms with Gasteiger partial charge in [-0.3, -0.25) is 10.1 Å². The number of aryl methyl sites for hydroxylation is 1. The summed E-state index contributed by atoms with van der Waals surface area (Å²) in [4.78, 5) is 10.3. The SMILES string of the molecule is Cc1cc(Br)c(F)cc1NCc1cccc([N+](=O)[O-])c1. The van der Waals surface area contributed by atoms with Crippen LogP contribution in [0.3, 0.4) is 0 Å². The second-order valence-corrected chi connectivity index (χ2v) is 5.22. The zero-order valence-corrected chi connectivity index (χ0v) is 12.3. The van der Waals surface area contributed by atoms with E-state index in [0.29, 0.717) is 16.7 Å². The standard InChI is InChI=1S/C14H12BrFN2O2/c1-9-5-12(15)13(16)7-14(9)17-8-10-3-2-4-11(6-10)18(19)20/h2-7,17H,8H2,1H3. The summed E-state index contributed by atoms with van der Waals surface area (Å²) >= 11 is 3.12. The molecular formula is C14H12BrFN2O2. The van der Waals surface area contributed by atoms with E-state index in [1.165, 1.54) is 18.2 Å². The lowest BCUT2D eigenvalue weighted by atomic mass is 10.1. The van der Waals surface area contributed by atoms with Crippen molar-refractivity contribution in [2.75, 3.05) is 5.32 Å². The lowest BCUT2D eigenvalue weighted by Gasteiger charge is -2.10. The van der Waals surface area contributed by atoms with Crippen LogP contribution in [0.25, 0.3) is 0 Å². The number of nitro benzene ring substituents is 1. The molecule has 0 fully saturated rings. The van der Waals surface area contributed by atoms with E-state index in [0.717, 1.165) is 11.1 Å². The van der Waals surface area contributed by atoms with E-state index in [-0.39, 0.29) is 11.5 Å². The quantitative estimate of drug-likeness (QED) is 0.663. The largest absolute Gasteiger partial charge is 0.381 e. The Kier molecular flexibility index (Phi) is 4.34. The van der Waals surface area contributed by atoms with Crippen molar-refractivity contribution in [1.82, 2.24) is 0 Å². The number of nitrogens with one attached hydrogen (secondary N) is 1. The molecular weight excluding hydrogens is 327 g/mol. The first kappa shape index (κ1) is 14.5. The fraction of sp³-hybridized carbons (Fsp3) is 0.143. The van der Waals surface area contributed by atoms with Gasteiger partial charge in [-0.25, -0.2) is 4.39 Å². The second kappa shape index (κ2) is 6.00. The van der Waals surface area contributed by atoms with Gasteiger partial charge in [0.05, 0.1) is 9.40 Å². The molecule has 0 aliphatic rings. The molecule has 0 aliphatic carbocycles. The van der Waals surface area contributed by atoms with E-state index in [1.54, 1.807) is 18.2 Å². The zero-order valence-electron chi connectivity index (χ0n) is 10.7. The van der Waals surface area contributed by atoms with Gasteiger partial charge in [-0.2, -0.15) is 0 Å². The molecule has 0 aromatic heterocycles. The molecule has 0 heterocycles. The second-order valence-electron chi connectivity index (χ2n) is 4.36. The fourth-order valence-electron chi connectivity index (χ4n) is 1.81. The molecule has 0 atom stereocenters. The summed E-state index contributed by atoms with van der Waals surface area (Å²) in [7, 11) is 0. The molecule has 6 heteroatoms. The summed E-state index contributed by atoms with van der Waals surface area (Å²) in [5.41, 5.74) is 2.37. The lowest BCUT2D eigenvalue weighted by molar-refractivity contribution is -0.384. The van der Waals surface area contributed by atoms with Gasteiger partial charge >= 0.3 is 0 Å². The summed E-state index contributed by atoms with van der Waals surface area (Å²) in [6.45, 7) is 2.25. The third-order valence-electron chi connectivity index (χ3n) is 2.87. The van der Waals surface area contributed by atoms with Gasteiger partial charge in [0.15, 0.2) is 0 Å². The molecule has 104 valence electrons. The average Bonchev–Trinajstić information content (AvgIpc) is 2.41. The van der Waals surface area contributed by atoms with E-state index in [4.69, 9.17) is 0 Å². The molecule has 0 unspecified atom stereocenters. The highest BCUT2D eigenvalue weighted by molar-refractivity contribution is 9.10. The number of hydrogen-bond donors (Lipinski definition) is 1. The maximum Gasteiger partial charge on any atom is 0.269 e. The molecule has 2 aromatic carbocycles. The lowest BCUT2D eigenvalue weighted by Crippen LogP contribution is -2.02. The Morgan fingerprint density at radius 3 is 2.80 bits per heavy atom. The summed E-state index contributed by atoms with van der Waals surface area (Å²) in [5, 5.41) is 13.8. The highest BCUT2D eigenvalue weighted by Crippen LogP contribution is 2.24. The van der Waals surface area contributed by atoms with Crippen molar-refractivity contribution >= 4 is 27.3 Å². The molecule has 0 amide bonds. The van der Waals surface area contributed by atoms with Crippen molar-refractivity contribution in [3.63, 3.8) is 0 Å². The number of rotatable bonds is 4. The fourth-order valence-corrected chi connectivity index (χ4v) is 2.27. The molecule has 0 spiro atoms. The third kappa shape index (κ3) is 3.33. The third-order valence-corrected chi connectivity index (χ3v) is 3.48. The normalized spacial score (nSPS) is 10.3. The summed E-state index contributed by atoms with van der Waals surface area (Å²) in [6.07, 6.45) is 0. The number of nitrogens with zero attached hydrogens (tertiary/aromatic N) is 1. The summed E-state index contributed by atoms with van der Waals surface area (Å²) in [5.74, 6) is -0.350. The number of anilines is 1. The van der Waals surface area contributed by atoms with Crippen LogP contribution >= 0.6 is 15.9 Å². The first-order valence-electron chi connectivity index (χ1n) is 5.90. The van der Waals surface area contributed by atoms with Crippen LogP contribution in [0.4, 0.5) is 15.8 Å². The Balaban J connectivity index is 2.15. The molecule has 0 aliphatic heterocycles. The smallest absolute Gasteiger partial charge is 0.269 e. The first-order valence-corrected chi connectivity index (χ1v) is 6.69. The minimum atomic E-state index is -0.436. The van der Waals surface area contributed by atoms with Crippen molar-refractivity contribution in [2.45, 2.75) is 13.5 Å². The van der Waals surface area contributed by atoms with Gasteiger partial charge in [-0.15, -0.1) is 0 Å². The van der Waals surface area contributed by atoms with Gasteiger partial charge in [-0.1, -0.05) is 12.1 Å². The predicted molar refractivity (Wildman–Crippen MR) is 79.3 cm³/mol. The number of halogens is 2. The maximum absolute atomic E-state index is 13.5. The van der Waals surface area contributed by atoms with Crippen LogP contribution < -0.4 is 5.32 Å². The Morgan fingerprint density at radius 1 is 1.35 bits per heavy atom. The molecule has 20 heavy (non-hydrogen) atoms. The van der Waals surface area contributed by atoms with Crippen molar-refractivity contribution in [1.29, 1.82) is 0 Å². The Morgan fingerprint density at radius 2 is 2.10 bits per heavy atom. The number of hydrogen-bond acceptors (Lipinski definition) is 3. The molecule has 1 N–H and O–H groups in total. The van der Waals surface area contributed by atoms with Crippen LogP contribution in [0.2, 0.25) is 0 Å². The predicted octanol–water partition coefficient (Wildman–Crippen LogP) is 4.42. The minimum absolute atomic E-state index is 0.0445. The van der Waals surface area contributed by atoms with E-state index in [9.17, 15) is 14.5 Å². The molecule has 0 radical (unpaired) electrons. The molecule has 0 bridgehead atoms. The number of nitro groups is 1. The maximum atomic E-state index is 13.5. The van der Waals surface area contributed by atoms with Crippen LogP contribution in [0.5, 0.6) is 0 Å². The van der Waals surface area contributed by atoms with Gasteiger partial charge in [-0.05, 0) is 46.1 Å². The van der Waals surface area contributed by atoms with Crippen LogP contribution in [0.1, 0.15) is 11.1 Å². The highest BCUT2D eigenvalue weighted by Gasteiger charge is 2.07. The topological polar surface area (TPSA) is 55.2 Å². The van der Waals surface area contributed by atoms with Gasteiger partial charge < -0.3 is 5.32 Å². The molecule has 0 saturated carbocycles. The van der Waals surface area contributed by atoms with Crippen molar-refractivity contribution in [3.05, 3.63) is 67.9 Å². The Hall–Kier alpha value is -1.95. The number of non-ortho nitro benzene ring substituents is 1. The van der Waals surface area contributed by atoms with E-state index >= 15 is 0 Å². The first-order chi connectivity index (χ1) is 9.47. The molecule has 4 nitrogen and oxygen atoms in total. The van der Waals surface area contributed by atoms with Crippen LogP contribution in [-0.2, 0) is 6.54 Å². The minimum Gasteiger partial charge on any atom is -0.381 e. The monoisotopic (exact) mass is 338 g/mol. The highest BCUT2D eigenvalue weighted by atomic mass is 79.9. The Bertz CT molecular complexity index is 662. The van der Waals surface area contributed by atoms with Crippen LogP contribution in [0.15, 0.2) is 40.9 Å². The van der Waals surface area contributed by atoms with Crippen molar-refractivity contribution in [2.24, 2.45) is 0 Å². The van der Waals surface area contributed by atoms with E-state index < -0.39 is 4.92 Å². The van der Waals surface area contributed by atoms with Gasteiger partial charge in [0.1, 0.15) is 5.82 Å².